The average Bonchev–Trinajstić information content (AvgIpc) is 2.87. The van der Waals surface area contributed by atoms with Crippen molar-refractivity contribution in [3.05, 3.63) is 58.6 Å². The number of anilines is 2. The summed E-state index contributed by atoms with van der Waals surface area (Å²) in [6.45, 7) is 6.07. The number of ketones is 1. The van der Waals surface area contributed by atoms with Crippen molar-refractivity contribution < 1.29 is 14.5 Å². The molecule has 2 heterocycles. The molecule has 0 aliphatic carbocycles. The van der Waals surface area contributed by atoms with Gasteiger partial charge in [0.1, 0.15) is 0 Å². The first kappa shape index (κ1) is 17.1. The second-order valence-electron chi connectivity index (χ2n) is 6.96. The molecule has 0 aromatic heterocycles. The summed E-state index contributed by atoms with van der Waals surface area (Å²) in [5.41, 5.74) is 3.40. The van der Waals surface area contributed by atoms with Crippen molar-refractivity contribution in [1.29, 1.82) is 0 Å². The Kier molecular flexibility index (Phi) is 4.42. The van der Waals surface area contributed by atoms with Gasteiger partial charge in [-0.25, -0.2) is 0 Å². The highest BCUT2D eigenvalue weighted by Gasteiger charge is 2.38. The molecule has 26 heavy (non-hydrogen) atoms. The molecule has 1 saturated heterocycles. The van der Waals surface area contributed by atoms with Crippen LogP contribution in [-0.4, -0.2) is 44.5 Å². The van der Waals surface area contributed by atoms with Gasteiger partial charge in [0.05, 0.1) is 37.4 Å². The quantitative estimate of drug-likeness (QED) is 0.834. The lowest BCUT2D eigenvalue weighted by atomic mass is 10.1. The SMILES string of the molecule is Cc1ccc2c(c1)C(=O)C(=O)N2C[NH+]1CCN(c2cccc(Cl)c2)CC1. The van der Waals surface area contributed by atoms with Gasteiger partial charge < -0.3 is 9.80 Å². The molecule has 0 bridgehead atoms. The Morgan fingerprint density at radius 2 is 1.85 bits per heavy atom. The molecule has 134 valence electrons. The maximum Gasteiger partial charge on any atom is 0.303 e. The number of hydrogen-bond acceptors (Lipinski definition) is 3. The van der Waals surface area contributed by atoms with E-state index in [1.807, 2.05) is 43.3 Å². The second kappa shape index (κ2) is 6.74. The molecular formula is C20H21ClN3O2+. The number of nitrogens with zero attached hydrogens (tertiary/aromatic N) is 2. The number of quaternary nitrogens is 1. The summed E-state index contributed by atoms with van der Waals surface area (Å²) >= 11 is 6.09. The standard InChI is InChI=1S/C20H20ClN3O2/c1-14-5-6-18-17(11-14)19(25)20(26)24(18)13-22-7-9-23(10-8-22)16-4-2-3-15(21)12-16/h2-6,11-12H,7-10,13H2,1H3/p+1. The van der Waals surface area contributed by atoms with Gasteiger partial charge in [0, 0.05) is 10.7 Å². The van der Waals surface area contributed by atoms with E-state index in [4.69, 9.17) is 11.6 Å². The van der Waals surface area contributed by atoms with Crippen molar-refractivity contribution in [1.82, 2.24) is 0 Å². The predicted molar refractivity (Wildman–Crippen MR) is 102 cm³/mol. The van der Waals surface area contributed by atoms with Crippen molar-refractivity contribution in [3.8, 4) is 0 Å². The Bertz CT molecular complexity index is 875. The molecule has 2 aromatic carbocycles. The minimum Gasteiger partial charge on any atom is -0.360 e. The highest BCUT2D eigenvalue weighted by atomic mass is 35.5. The number of carbonyl (C=O) groups is 2. The minimum atomic E-state index is -0.407. The molecule has 1 fully saturated rings. The number of hydrogen-bond donors (Lipinski definition) is 1. The molecule has 6 heteroatoms. The predicted octanol–water partition coefficient (Wildman–Crippen LogP) is 1.54. The van der Waals surface area contributed by atoms with E-state index in [1.165, 1.54) is 4.90 Å². The van der Waals surface area contributed by atoms with Crippen molar-refractivity contribution in [2.45, 2.75) is 6.92 Å². The third-order valence-corrected chi connectivity index (χ3v) is 5.39. The van der Waals surface area contributed by atoms with E-state index in [-0.39, 0.29) is 5.78 Å². The summed E-state index contributed by atoms with van der Waals surface area (Å²) in [6.07, 6.45) is 0. The molecule has 2 aliphatic heterocycles. The molecule has 2 aliphatic rings. The van der Waals surface area contributed by atoms with Crippen LogP contribution in [0.2, 0.25) is 5.02 Å². The molecule has 4 rings (SSSR count). The Labute approximate surface area is 157 Å². The van der Waals surface area contributed by atoms with Crippen LogP contribution in [0.15, 0.2) is 42.5 Å². The summed E-state index contributed by atoms with van der Waals surface area (Å²) in [7, 11) is 0. The zero-order valence-electron chi connectivity index (χ0n) is 14.7. The Balaban J connectivity index is 1.44. The summed E-state index contributed by atoms with van der Waals surface area (Å²) in [6, 6.07) is 13.5. The maximum absolute atomic E-state index is 12.4. The van der Waals surface area contributed by atoms with Crippen LogP contribution in [0.3, 0.4) is 0 Å². The van der Waals surface area contributed by atoms with Crippen molar-refractivity contribution in [3.63, 3.8) is 0 Å². The lowest BCUT2D eigenvalue weighted by Gasteiger charge is -2.35. The minimum absolute atomic E-state index is 0.388. The number of aryl methyl sites for hydroxylation is 1. The van der Waals surface area contributed by atoms with Crippen LogP contribution in [-0.2, 0) is 4.79 Å². The zero-order chi connectivity index (χ0) is 18.3. The van der Waals surface area contributed by atoms with Gasteiger partial charge in [-0.1, -0.05) is 29.3 Å². The summed E-state index contributed by atoms with van der Waals surface area (Å²) in [4.78, 5) is 29.9. The van der Waals surface area contributed by atoms with Gasteiger partial charge >= 0.3 is 5.91 Å². The van der Waals surface area contributed by atoms with Crippen LogP contribution in [0.4, 0.5) is 11.4 Å². The molecule has 0 unspecified atom stereocenters. The first-order valence-electron chi connectivity index (χ1n) is 8.84. The number of piperazine rings is 1. The van der Waals surface area contributed by atoms with Crippen molar-refractivity contribution in [2.75, 3.05) is 42.6 Å². The van der Waals surface area contributed by atoms with Crippen molar-refractivity contribution >= 4 is 34.7 Å². The first-order chi connectivity index (χ1) is 12.5. The molecule has 0 radical (unpaired) electrons. The zero-order valence-corrected chi connectivity index (χ0v) is 15.4. The summed E-state index contributed by atoms with van der Waals surface area (Å²) in [5.74, 6) is -0.795. The fraction of sp³-hybridized carbons (Fsp3) is 0.300. The molecule has 0 atom stereocenters. The summed E-state index contributed by atoms with van der Waals surface area (Å²) in [5, 5.41) is 0.741. The van der Waals surface area contributed by atoms with Crippen LogP contribution in [0.1, 0.15) is 15.9 Å². The third-order valence-electron chi connectivity index (χ3n) is 5.15. The van der Waals surface area contributed by atoms with E-state index in [1.54, 1.807) is 4.90 Å². The van der Waals surface area contributed by atoms with E-state index in [0.717, 1.165) is 48.1 Å². The van der Waals surface area contributed by atoms with Gasteiger partial charge in [-0.05, 0) is 37.3 Å². The van der Waals surface area contributed by atoms with Crippen LogP contribution >= 0.6 is 11.6 Å². The fourth-order valence-electron chi connectivity index (χ4n) is 3.71. The number of carbonyl (C=O) groups excluding carboxylic acids is 2. The number of Topliss-reactive ketones (excluding diaryl/α,β-unsaturated/α-hetero) is 1. The monoisotopic (exact) mass is 370 g/mol. The number of amides is 1. The van der Waals surface area contributed by atoms with Gasteiger partial charge in [0.15, 0.2) is 6.67 Å². The Morgan fingerprint density at radius 1 is 1.08 bits per heavy atom. The molecule has 0 saturated carbocycles. The number of fused-ring (bicyclic) bond motifs is 1. The van der Waals surface area contributed by atoms with E-state index in [2.05, 4.69) is 11.0 Å². The summed E-state index contributed by atoms with van der Waals surface area (Å²) < 4.78 is 0. The van der Waals surface area contributed by atoms with E-state index in [0.29, 0.717) is 12.2 Å². The van der Waals surface area contributed by atoms with Crippen LogP contribution in [0.25, 0.3) is 0 Å². The molecule has 0 spiro atoms. The Morgan fingerprint density at radius 3 is 2.58 bits per heavy atom. The van der Waals surface area contributed by atoms with Gasteiger partial charge in [0.2, 0.25) is 0 Å². The van der Waals surface area contributed by atoms with E-state index in [9.17, 15) is 9.59 Å². The molecular weight excluding hydrogens is 350 g/mol. The normalized spacial score (nSPS) is 17.8. The number of nitrogens with one attached hydrogen (secondary N) is 1. The average molecular weight is 371 g/mol. The van der Waals surface area contributed by atoms with Crippen LogP contribution in [0.5, 0.6) is 0 Å². The van der Waals surface area contributed by atoms with Gasteiger partial charge in [-0.3, -0.25) is 14.5 Å². The topological polar surface area (TPSA) is 45.1 Å². The lowest BCUT2D eigenvalue weighted by Crippen LogP contribution is -3.16. The Hall–Kier alpha value is -2.37. The first-order valence-corrected chi connectivity index (χ1v) is 9.21. The molecule has 5 nitrogen and oxygen atoms in total. The van der Waals surface area contributed by atoms with Gasteiger partial charge in [-0.2, -0.15) is 0 Å². The maximum atomic E-state index is 12.4. The van der Waals surface area contributed by atoms with Gasteiger partial charge in [-0.15, -0.1) is 0 Å². The van der Waals surface area contributed by atoms with Gasteiger partial charge in [0.25, 0.3) is 5.78 Å². The molecule has 1 N–H and O–H groups in total. The highest BCUT2D eigenvalue weighted by Crippen LogP contribution is 2.28. The fourth-order valence-corrected chi connectivity index (χ4v) is 3.89. The lowest BCUT2D eigenvalue weighted by molar-refractivity contribution is -0.899. The number of rotatable bonds is 3. The molecule has 1 amide bonds. The van der Waals surface area contributed by atoms with E-state index < -0.39 is 5.91 Å². The van der Waals surface area contributed by atoms with Crippen LogP contribution in [0, 0.1) is 6.92 Å². The second-order valence-corrected chi connectivity index (χ2v) is 7.39. The smallest absolute Gasteiger partial charge is 0.303 e. The number of benzene rings is 2. The van der Waals surface area contributed by atoms with Crippen LogP contribution < -0.4 is 14.7 Å². The number of halogens is 1. The van der Waals surface area contributed by atoms with Crippen molar-refractivity contribution in [2.24, 2.45) is 0 Å². The largest absolute Gasteiger partial charge is 0.360 e. The third kappa shape index (κ3) is 3.08. The highest BCUT2D eigenvalue weighted by molar-refractivity contribution is 6.52. The molecule has 2 aromatic rings. The van der Waals surface area contributed by atoms with E-state index >= 15 is 0 Å².